The van der Waals surface area contributed by atoms with Gasteiger partial charge in [-0.15, -0.1) is 0 Å². The minimum Gasteiger partial charge on any atom is -0.466 e. The summed E-state index contributed by atoms with van der Waals surface area (Å²) in [6.07, 6.45) is 5.99. The summed E-state index contributed by atoms with van der Waals surface area (Å²) in [6, 6.07) is 16.5. The van der Waals surface area contributed by atoms with E-state index in [1.54, 1.807) is 50.2 Å². The molecule has 4 aromatic rings. The molecule has 0 saturated heterocycles. The predicted molar refractivity (Wildman–Crippen MR) is 210 cm³/mol. The van der Waals surface area contributed by atoms with Gasteiger partial charge >= 0.3 is 11.9 Å². The van der Waals surface area contributed by atoms with E-state index in [0.29, 0.717) is 21.5 Å². The molecule has 290 valence electrons. The summed E-state index contributed by atoms with van der Waals surface area (Å²) in [4.78, 5) is 26.8. The standard InChI is InChI=1S/C41H44N2O10S2/c1-7-52-36(44)22-24-42-30-20-18-26-28(12-9-14-32(26)54(46,47)48)38(30)40(3,4)34(42)16-11-17-35-41(5,6)39-29-13-10-15-33(55(49,50)51)27(29)19-21-31(39)43(35)25-23-37(45)53-8-2/h9-21H,7-8,22-25H2,1-6H3,(H-,46,47,48,49,50,51)/p+1. The molecule has 0 saturated carbocycles. The largest absolute Gasteiger partial charge is 0.466 e. The van der Waals surface area contributed by atoms with E-state index in [0.717, 1.165) is 33.9 Å². The van der Waals surface area contributed by atoms with Crippen molar-refractivity contribution in [2.24, 2.45) is 0 Å². The van der Waals surface area contributed by atoms with Gasteiger partial charge in [0.2, 0.25) is 5.69 Å². The average molecular weight is 790 g/mol. The molecule has 0 bridgehead atoms. The average Bonchev–Trinajstić information content (AvgIpc) is 3.47. The predicted octanol–water partition coefficient (Wildman–Crippen LogP) is 7.01. The zero-order valence-electron chi connectivity index (χ0n) is 31.6. The first-order valence-electron chi connectivity index (χ1n) is 18.0. The lowest BCUT2D eigenvalue weighted by atomic mass is 9.79. The molecule has 55 heavy (non-hydrogen) atoms. The number of hydrogen-bond acceptors (Lipinski definition) is 9. The molecule has 0 aromatic heterocycles. The monoisotopic (exact) mass is 789 g/mol. The molecule has 2 N–H and O–H groups in total. The Kier molecular flexibility index (Phi) is 10.6. The van der Waals surface area contributed by atoms with Crippen molar-refractivity contribution in [2.45, 2.75) is 75.0 Å². The van der Waals surface area contributed by atoms with Gasteiger partial charge in [0.15, 0.2) is 12.3 Å². The molecule has 0 spiro atoms. The van der Waals surface area contributed by atoms with Crippen LogP contribution in [-0.4, -0.2) is 74.5 Å². The summed E-state index contributed by atoms with van der Waals surface area (Å²) in [7, 11) is -9.04. The second kappa shape index (κ2) is 14.6. The maximum Gasteiger partial charge on any atom is 0.312 e. The van der Waals surface area contributed by atoms with Crippen LogP contribution < -0.4 is 4.90 Å². The van der Waals surface area contributed by atoms with Crippen molar-refractivity contribution in [1.29, 1.82) is 0 Å². The third-order valence-corrected chi connectivity index (χ3v) is 12.3. The topological polar surface area (TPSA) is 168 Å². The van der Waals surface area contributed by atoms with Gasteiger partial charge in [-0.3, -0.25) is 18.7 Å². The molecular weight excluding hydrogens is 745 g/mol. The Balaban J connectivity index is 1.51. The summed E-state index contributed by atoms with van der Waals surface area (Å²) in [6.45, 7) is 12.6. The van der Waals surface area contributed by atoms with Crippen molar-refractivity contribution >= 4 is 70.8 Å². The minimum atomic E-state index is -4.52. The fourth-order valence-electron chi connectivity index (χ4n) is 8.22. The highest BCUT2D eigenvalue weighted by Gasteiger charge is 2.46. The summed E-state index contributed by atoms with van der Waals surface area (Å²) in [5, 5.41) is 2.05. The van der Waals surface area contributed by atoms with Crippen LogP contribution in [0.15, 0.2) is 94.4 Å². The van der Waals surface area contributed by atoms with Gasteiger partial charge in [0, 0.05) is 51.8 Å². The van der Waals surface area contributed by atoms with E-state index in [1.165, 1.54) is 12.1 Å². The molecule has 2 aliphatic heterocycles. The third kappa shape index (κ3) is 7.19. The van der Waals surface area contributed by atoms with Gasteiger partial charge in [-0.2, -0.15) is 21.4 Å². The van der Waals surface area contributed by atoms with Gasteiger partial charge in [0.25, 0.3) is 20.2 Å². The van der Waals surface area contributed by atoms with Crippen molar-refractivity contribution in [1.82, 2.24) is 0 Å². The zero-order valence-corrected chi connectivity index (χ0v) is 33.3. The van der Waals surface area contributed by atoms with Crippen molar-refractivity contribution in [3.63, 3.8) is 0 Å². The SMILES string of the molecule is CCOC(=O)CCN1/C(=C\C=C\C2=[N+](CCC(=O)OCC)c3ccc4c(S(=O)(=O)O)cccc4c3C2(C)C)C(C)(C)c2c1ccc1c(S(=O)(=O)O)cccc21. The van der Waals surface area contributed by atoms with Crippen molar-refractivity contribution in [2.75, 3.05) is 31.2 Å². The number of anilines is 1. The molecule has 12 nitrogen and oxygen atoms in total. The highest BCUT2D eigenvalue weighted by atomic mass is 32.2. The summed E-state index contributed by atoms with van der Waals surface area (Å²) in [5.41, 5.74) is 3.45. The van der Waals surface area contributed by atoms with Crippen LogP contribution >= 0.6 is 0 Å². The number of carbonyl (C=O) groups excluding carboxylic acids is 2. The fraction of sp³-hybridized carbons (Fsp3) is 0.341. The second-order valence-corrected chi connectivity index (χ2v) is 17.3. The summed E-state index contributed by atoms with van der Waals surface area (Å²) >= 11 is 0. The molecule has 0 unspecified atom stereocenters. The Bertz CT molecular complexity index is 2570. The van der Waals surface area contributed by atoms with Crippen LogP contribution in [0.5, 0.6) is 0 Å². The minimum absolute atomic E-state index is 0.0908. The van der Waals surface area contributed by atoms with Gasteiger partial charge in [0.1, 0.15) is 16.2 Å². The highest BCUT2D eigenvalue weighted by molar-refractivity contribution is 7.86. The van der Waals surface area contributed by atoms with Crippen LogP contribution in [-0.2, 0) is 50.1 Å². The number of rotatable bonds is 12. The fourth-order valence-corrected chi connectivity index (χ4v) is 9.63. The maximum atomic E-state index is 12.6. The van der Waals surface area contributed by atoms with E-state index in [2.05, 4.69) is 0 Å². The van der Waals surface area contributed by atoms with Gasteiger partial charge in [-0.25, -0.2) is 0 Å². The Labute approximate surface area is 321 Å². The first kappa shape index (κ1) is 39.8. The number of allylic oxidation sites excluding steroid dienone is 4. The van der Waals surface area contributed by atoms with Crippen LogP contribution in [0.3, 0.4) is 0 Å². The molecule has 0 atom stereocenters. The van der Waals surface area contributed by atoms with E-state index in [1.807, 2.05) is 67.5 Å². The van der Waals surface area contributed by atoms with E-state index in [-0.39, 0.29) is 60.9 Å². The number of fused-ring (bicyclic) bond motifs is 6. The van der Waals surface area contributed by atoms with E-state index in [4.69, 9.17) is 9.47 Å². The van der Waals surface area contributed by atoms with Crippen LogP contribution in [0.4, 0.5) is 11.4 Å². The number of ether oxygens (including phenoxy) is 2. The normalized spacial score (nSPS) is 17.0. The molecule has 2 aliphatic rings. The van der Waals surface area contributed by atoms with Gasteiger partial charge in [0.05, 0.1) is 25.0 Å². The Hall–Kier alpha value is -4.89. The lowest BCUT2D eigenvalue weighted by Crippen LogP contribution is -2.29. The number of nitrogens with zero attached hydrogens (tertiary/aromatic N) is 2. The van der Waals surface area contributed by atoms with E-state index >= 15 is 0 Å². The van der Waals surface area contributed by atoms with Crippen LogP contribution in [0.2, 0.25) is 0 Å². The van der Waals surface area contributed by atoms with E-state index < -0.39 is 31.1 Å². The highest BCUT2D eigenvalue weighted by Crippen LogP contribution is 2.52. The second-order valence-electron chi connectivity index (χ2n) is 14.5. The summed E-state index contributed by atoms with van der Waals surface area (Å²) in [5.74, 6) is -0.721. The molecule has 6 rings (SSSR count). The Morgan fingerprint density at radius 2 is 1.27 bits per heavy atom. The van der Waals surface area contributed by atoms with Crippen molar-refractivity contribution < 1.29 is 49.6 Å². The molecular formula is C41H45N2O10S2+. The van der Waals surface area contributed by atoms with E-state index in [9.17, 15) is 35.5 Å². The third-order valence-electron chi connectivity index (χ3n) is 10.4. The number of esters is 2. The number of benzene rings is 4. The van der Waals surface area contributed by atoms with Crippen LogP contribution in [0.25, 0.3) is 21.5 Å². The number of carbonyl (C=O) groups is 2. The van der Waals surface area contributed by atoms with Crippen molar-refractivity contribution in [3.8, 4) is 0 Å². The van der Waals surface area contributed by atoms with Crippen LogP contribution in [0, 0.1) is 0 Å². The zero-order chi connectivity index (χ0) is 40.1. The molecule has 0 amide bonds. The van der Waals surface area contributed by atoms with Crippen LogP contribution in [0.1, 0.15) is 65.5 Å². The maximum absolute atomic E-state index is 12.6. The van der Waals surface area contributed by atoms with Gasteiger partial charge < -0.3 is 14.4 Å². The molecule has 4 aromatic carbocycles. The summed E-state index contributed by atoms with van der Waals surface area (Å²) < 4.78 is 82.0. The molecule has 0 fully saturated rings. The molecule has 0 aliphatic carbocycles. The first-order chi connectivity index (χ1) is 25.8. The molecule has 0 radical (unpaired) electrons. The van der Waals surface area contributed by atoms with Crippen molar-refractivity contribution in [3.05, 3.63) is 95.7 Å². The lowest BCUT2D eigenvalue weighted by molar-refractivity contribution is -0.436. The van der Waals surface area contributed by atoms with Gasteiger partial charge in [-0.05, 0) is 74.4 Å². The number of hydrogen-bond donors (Lipinski definition) is 2. The Morgan fingerprint density at radius 3 is 1.84 bits per heavy atom. The quantitative estimate of drug-likeness (QED) is 0.0861. The molecule has 2 heterocycles. The van der Waals surface area contributed by atoms with Gasteiger partial charge in [-0.1, -0.05) is 50.3 Å². The molecule has 14 heteroatoms. The smallest absolute Gasteiger partial charge is 0.312 e. The Morgan fingerprint density at radius 1 is 0.727 bits per heavy atom. The first-order valence-corrected chi connectivity index (χ1v) is 20.9. The lowest BCUT2D eigenvalue weighted by Gasteiger charge is -2.27.